The first-order valence-electron chi connectivity index (χ1n) is 4.68. The van der Waals surface area contributed by atoms with Gasteiger partial charge in [0.1, 0.15) is 0 Å². The van der Waals surface area contributed by atoms with Crippen LogP contribution in [-0.4, -0.2) is 30.3 Å². The van der Waals surface area contributed by atoms with Gasteiger partial charge in [-0.2, -0.15) is 12.6 Å². The van der Waals surface area contributed by atoms with E-state index in [-0.39, 0.29) is 12.4 Å². The van der Waals surface area contributed by atoms with E-state index < -0.39 is 0 Å². The Morgan fingerprint density at radius 3 is 1.83 bits per heavy atom. The summed E-state index contributed by atoms with van der Waals surface area (Å²) in [6.07, 6.45) is 3.77. The number of halogens is 1. The average Bonchev–Trinajstić information content (AvgIpc) is 2.01. The summed E-state index contributed by atoms with van der Waals surface area (Å²) in [6.45, 7) is 8.21. The zero-order chi connectivity index (χ0) is 8.53. The van der Waals surface area contributed by atoms with Crippen molar-refractivity contribution in [3.8, 4) is 0 Å². The third-order valence-electron chi connectivity index (χ3n) is 1.71. The molecule has 76 valence electrons. The molecule has 1 nitrogen and oxygen atoms in total. The average molecular weight is 212 g/mol. The lowest BCUT2D eigenvalue weighted by Crippen LogP contribution is -2.26. The van der Waals surface area contributed by atoms with Crippen LogP contribution in [0.2, 0.25) is 0 Å². The Bertz CT molecular complexity index is 74.9. The molecule has 0 spiro atoms. The molecule has 0 heterocycles. The highest BCUT2D eigenvalue weighted by molar-refractivity contribution is 7.80. The van der Waals surface area contributed by atoms with Gasteiger partial charge in [-0.1, -0.05) is 13.8 Å². The van der Waals surface area contributed by atoms with E-state index in [0.29, 0.717) is 0 Å². The van der Waals surface area contributed by atoms with E-state index in [0.717, 1.165) is 5.75 Å². The highest BCUT2D eigenvalue weighted by Gasteiger charge is 1.99. The Balaban J connectivity index is 0. The first kappa shape index (κ1) is 15.1. The lowest BCUT2D eigenvalue weighted by Gasteiger charge is -2.19. The van der Waals surface area contributed by atoms with E-state index in [9.17, 15) is 0 Å². The quantitative estimate of drug-likeness (QED) is 0.634. The van der Waals surface area contributed by atoms with Gasteiger partial charge in [0.15, 0.2) is 0 Å². The lowest BCUT2D eigenvalue weighted by atomic mass is 10.3. The van der Waals surface area contributed by atoms with Gasteiger partial charge in [-0.05, 0) is 44.6 Å². The van der Waals surface area contributed by atoms with Crippen LogP contribution in [-0.2, 0) is 0 Å². The second-order valence-corrected chi connectivity index (χ2v) is 3.37. The number of rotatable bonds is 7. The van der Waals surface area contributed by atoms with Gasteiger partial charge in [-0.15, -0.1) is 12.4 Å². The van der Waals surface area contributed by atoms with E-state index in [2.05, 4.69) is 31.4 Å². The number of hydrogen-bond acceptors (Lipinski definition) is 2. The second-order valence-electron chi connectivity index (χ2n) is 2.92. The highest BCUT2D eigenvalue weighted by Crippen LogP contribution is 1.96. The van der Waals surface area contributed by atoms with E-state index in [1.54, 1.807) is 0 Å². The predicted octanol–water partition coefficient (Wildman–Crippen LogP) is 2.85. The van der Waals surface area contributed by atoms with Gasteiger partial charge in [0, 0.05) is 0 Å². The Morgan fingerprint density at radius 2 is 1.50 bits per heavy atom. The van der Waals surface area contributed by atoms with Crippen LogP contribution in [0.4, 0.5) is 0 Å². The fourth-order valence-electron chi connectivity index (χ4n) is 1.26. The molecule has 0 fully saturated rings. The minimum Gasteiger partial charge on any atom is -0.303 e. The molecule has 0 aliphatic carbocycles. The Labute approximate surface area is 88.7 Å². The van der Waals surface area contributed by atoms with Crippen LogP contribution >= 0.6 is 25.0 Å². The third-order valence-corrected chi connectivity index (χ3v) is 2.03. The van der Waals surface area contributed by atoms with Crippen molar-refractivity contribution in [3.63, 3.8) is 0 Å². The fourth-order valence-corrected chi connectivity index (χ4v) is 1.40. The first-order chi connectivity index (χ1) is 5.35. The maximum atomic E-state index is 4.20. The molecular formula is C9H22ClNS. The van der Waals surface area contributed by atoms with Gasteiger partial charge in [0.2, 0.25) is 0 Å². The van der Waals surface area contributed by atoms with Crippen molar-refractivity contribution in [2.24, 2.45) is 0 Å². The Kier molecular flexibility index (Phi) is 14.6. The van der Waals surface area contributed by atoms with E-state index in [4.69, 9.17) is 0 Å². The van der Waals surface area contributed by atoms with Crippen molar-refractivity contribution in [1.82, 2.24) is 4.90 Å². The maximum absolute atomic E-state index is 4.20. The molecule has 0 aromatic rings. The largest absolute Gasteiger partial charge is 0.303 e. The molecule has 0 saturated carbocycles. The van der Waals surface area contributed by atoms with E-state index in [1.165, 1.54) is 38.9 Å². The van der Waals surface area contributed by atoms with Crippen LogP contribution in [0.3, 0.4) is 0 Å². The van der Waals surface area contributed by atoms with Crippen molar-refractivity contribution in [2.75, 3.05) is 25.4 Å². The number of thiol groups is 1. The van der Waals surface area contributed by atoms with Crippen molar-refractivity contribution < 1.29 is 0 Å². The molecule has 0 rings (SSSR count). The minimum absolute atomic E-state index is 0. The maximum Gasteiger partial charge on any atom is -0.00110 e. The zero-order valence-corrected chi connectivity index (χ0v) is 9.96. The molecule has 0 atom stereocenters. The summed E-state index contributed by atoms with van der Waals surface area (Å²) in [5.41, 5.74) is 0. The zero-order valence-electron chi connectivity index (χ0n) is 8.25. The summed E-state index contributed by atoms with van der Waals surface area (Å²) in [7, 11) is 0. The Morgan fingerprint density at radius 1 is 1.00 bits per heavy atom. The minimum atomic E-state index is 0. The van der Waals surface area contributed by atoms with Crippen LogP contribution in [0, 0.1) is 0 Å². The smallest absolute Gasteiger partial charge is 0.00110 e. The molecule has 0 saturated heterocycles. The molecule has 0 aromatic heterocycles. The number of nitrogens with zero attached hydrogens (tertiary/aromatic N) is 1. The normalized spacial score (nSPS) is 10.0. The van der Waals surface area contributed by atoms with Crippen LogP contribution < -0.4 is 0 Å². The van der Waals surface area contributed by atoms with E-state index in [1.807, 2.05) is 0 Å². The Hall–Kier alpha value is 0.600. The predicted molar refractivity (Wildman–Crippen MR) is 62.7 cm³/mol. The number of hydrogen-bond donors (Lipinski definition) is 1. The topological polar surface area (TPSA) is 3.24 Å². The van der Waals surface area contributed by atoms with Crippen molar-refractivity contribution in [2.45, 2.75) is 33.1 Å². The van der Waals surface area contributed by atoms with Crippen LogP contribution in [0.5, 0.6) is 0 Å². The molecule has 0 unspecified atom stereocenters. The molecule has 3 heteroatoms. The monoisotopic (exact) mass is 211 g/mol. The van der Waals surface area contributed by atoms with Gasteiger partial charge < -0.3 is 4.90 Å². The summed E-state index contributed by atoms with van der Waals surface area (Å²) < 4.78 is 0. The lowest BCUT2D eigenvalue weighted by molar-refractivity contribution is 0.276. The standard InChI is InChI=1S/C9H21NS.ClH/c1-3-6-10(7-4-2)8-5-9-11;/h11H,3-9H2,1-2H3;1H. The van der Waals surface area contributed by atoms with Crippen molar-refractivity contribution >= 4 is 25.0 Å². The summed E-state index contributed by atoms with van der Waals surface area (Å²) in [5, 5.41) is 0. The first-order valence-corrected chi connectivity index (χ1v) is 5.31. The fraction of sp³-hybridized carbons (Fsp3) is 1.00. The summed E-state index contributed by atoms with van der Waals surface area (Å²) >= 11 is 4.20. The molecule has 0 aromatic carbocycles. The summed E-state index contributed by atoms with van der Waals surface area (Å²) in [5.74, 6) is 1.02. The van der Waals surface area contributed by atoms with Gasteiger partial charge in [-0.3, -0.25) is 0 Å². The van der Waals surface area contributed by atoms with Crippen molar-refractivity contribution in [3.05, 3.63) is 0 Å². The second kappa shape index (κ2) is 11.6. The molecule has 12 heavy (non-hydrogen) atoms. The molecule has 0 radical (unpaired) electrons. The molecule has 0 aliphatic heterocycles. The van der Waals surface area contributed by atoms with Crippen LogP contribution in [0.1, 0.15) is 33.1 Å². The van der Waals surface area contributed by atoms with Crippen LogP contribution in [0.15, 0.2) is 0 Å². The molecule has 0 bridgehead atoms. The highest BCUT2D eigenvalue weighted by atomic mass is 35.5. The SMILES string of the molecule is CCCN(CCC)CCCS.Cl. The summed E-state index contributed by atoms with van der Waals surface area (Å²) in [6, 6.07) is 0. The van der Waals surface area contributed by atoms with Gasteiger partial charge in [-0.25, -0.2) is 0 Å². The van der Waals surface area contributed by atoms with Gasteiger partial charge in [0.25, 0.3) is 0 Å². The van der Waals surface area contributed by atoms with Crippen molar-refractivity contribution in [1.29, 1.82) is 0 Å². The molecule has 0 amide bonds. The van der Waals surface area contributed by atoms with E-state index >= 15 is 0 Å². The molecular weight excluding hydrogens is 190 g/mol. The van der Waals surface area contributed by atoms with Gasteiger partial charge >= 0.3 is 0 Å². The molecule has 0 N–H and O–H groups in total. The third kappa shape index (κ3) is 8.69. The molecule has 0 aliphatic rings. The van der Waals surface area contributed by atoms with Crippen LogP contribution in [0.25, 0.3) is 0 Å². The van der Waals surface area contributed by atoms with Gasteiger partial charge in [0.05, 0.1) is 0 Å². The summed E-state index contributed by atoms with van der Waals surface area (Å²) in [4.78, 5) is 2.52.